The third-order valence-corrected chi connectivity index (χ3v) is 4.00. The van der Waals surface area contributed by atoms with E-state index in [1.54, 1.807) is 13.0 Å². The van der Waals surface area contributed by atoms with E-state index in [9.17, 15) is 4.39 Å². The standard InChI is InChI=1S/C16H19FN4/c1-10-7-8-11(9-13(10)17)15-19-14-6-4-2-3-5-12(14)16(20-15)21-18/h7-9H,2-6,18H2,1H3,(H,19,20,21). The molecule has 0 aliphatic heterocycles. The molecule has 0 unspecified atom stereocenters. The molecule has 0 fully saturated rings. The molecule has 4 nitrogen and oxygen atoms in total. The number of rotatable bonds is 2. The lowest BCUT2D eigenvalue weighted by atomic mass is 10.1. The number of benzene rings is 1. The Labute approximate surface area is 123 Å². The molecule has 0 spiro atoms. The van der Waals surface area contributed by atoms with E-state index in [1.165, 1.54) is 12.5 Å². The maximum absolute atomic E-state index is 13.8. The second-order valence-electron chi connectivity index (χ2n) is 5.49. The average Bonchev–Trinajstić information content (AvgIpc) is 2.74. The molecule has 1 heterocycles. The molecule has 21 heavy (non-hydrogen) atoms. The van der Waals surface area contributed by atoms with Gasteiger partial charge < -0.3 is 5.43 Å². The molecule has 0 atom stereocenters. The SMILES string of the molecule is Cc1ccc(-c2nc3c(c(NN)n2)CCCCC3)cc1F. The fraction of sp³-hybridized carbons (Fsp3) is 0.375. The Bertz CT molecular complexity index is 670. The van der Waals surface area contributed by atoms with Crippen LogP contribution in [-0.4, -0.2) is 9.97 Å². The summed E-state index contributed by atoms with van der Waals surface area (Å²) in [4.78, 5) is 9.12. The normalized spacial score (nSPS) is 14.4. The number of anilines is 1. The summed E-state index contributed by atoms with van der Waals surface area (Å²) in [6.07, 6.45) is 5.30. The van der Waals surface area contributed by atoms with Crippen molar-refractivity contribution in [3.63, 3.8) is 0 Å². The van der Waals surface area contributed by atoms with Gasteiger partial charge in [-0.25, -0.2) is 20.2 Å². The quantitative estimate of drug-likeness (QED) is 0.506. The van der Waals surface area contributed by atoms with Gasteiger partial charge in [-0.2, -0.15) is 0 Å². The van der Waals surface area contributed by atoms with E-state index in [0.29, 0.717) is 22.8 Å². The molecular weight excluding hydrogens is 267 g/mol. The minimum atomic E-state index is -0.242. The van der Waals surface area contributed by atoms with Crippen molar-refractivity contribution in [2.75, 3.05) is 5.43 Å². The van der Waals surface area contributed by atoms with Gasteiger partial charge in [-0.05, 0) is 44.2 Å². The fourth-order valence-corrected chi connectivity index (χ4v) is 2.75. The Morgan fingerprint density at radius 2 is 1.95 bits per heavy atom. The zero-order valence-electron chi connectivity index (χ0n) is 12.1. The van der Waals surface area contributed by atoms with Gasteiger partial charge in [-0.15, -0.1) is 0 Å². The zero-order valence-corrected chi connectivity index (χ0v) is 12.1. The fourth-order valence-electron chi connectivity index (χ4n) is 2.75. The number of nitrogens with two attached hydrogens (primary N) is 1. The predicted octanol–water partition coefficient (Wildman–Crippen LogP) is 3.15. The van der Waals surface area contributed by atoms with Gasteiger partial charge in [0.25, 0.3) is 0 Å². The highest BCUT2D eigenvalue weighted by atomic mass is 19.1. The zero-order chi connectivity index (χ0) is 14.8. The van der Waals surface area contributed by atoms with Gasteiger partial charge in [0.05, 0.1) is 0 Å². The van der Waals surface area contributed by atoms with Crippen LogP contribution in [0, 0.1) is 12.7 Å². The smallest absolute Gasteiger partial charge is 0.161 e. The summed E-state index contributed by atoms with van der Waals surface area (Å²) in [5.41, 5.74) is 6.11. The predicted molar refractivity (Wildman–Crippen MR) is 81.2 cm³/mol. The number of nitrogen functional groups attached to an aromatic ring is 1. The highest BCUT2D eigenvalue weighted by molar-refractivity contribution is 5.60. The summed E-state index contributed by atoms with van der Waals surface area (Å²) in [7, 11) is 0. The molecule has 0 amide bonds. The van der Waals surface area contributed by atoms with Crippen molar-refractivity contribution in [1.29, 1.82) is 0 Å². The van der Waals surface area contributed by atoms with Crippen LogP contribution in [0.3, 0.4) is 0 Å². The lowest BCUT2D eigenvalue weighted by Crippen LogP contribution is -2.14. The maximum Gasteiger partial charge on any atom is 0.161 e. The van der Waals surface area contributed by atoms with Crippen molar-refractivity contribution in [2.45, 2.75) is 39.0 Å². The first-order chi connectivity index (χ1) is 10.2. The molecule has 2 aromatic rings. The third kappa shape index (κ3) is 2.74. The topological polar surface area (TPSA) is 63.8 Å². The van der Waals surface area contributed by atoms with Crippen molar-refractivity contribution < 1.29 is 4.39 Å². The first-order valence-corrected chi connectivity index (χ1v) is 7.32. The van der Waals surface area contributed by atoms with Gasteiger partial charge >= 0.3 is 0 Å². The van der Waals surface area contributed by atoms with E-state index in [4.69, 9.17) is 5.84 Å². The van der Waals surface area contributed by atoms with Crippen molar-refractivity contribution in [2.24, 2.45) is 5.84 Å². The van der Waals surface area contributed by atoms with Crippen LogP contribution in [-0.2, 0) is 12.8 Å². The number of hydrogen-bond acceptors (Lipinski definition) is 4. The first kappa shape index (κ1) is 13.9. The van der Waals surface area contributed by atoms with E-state index >= 15 is 0 Å². The number of hydrogen-bond donors (Lipinski definition) is 2. The van der Waals surface area contributed by atoms with Crippen LogP contribution in [0.5, 0.6) is 0 Å². The van der Waals surface area contributed by atoms with E-state index in [-0.39, 0.29) is 5.82 Å². The summed E-state index contributed by atoms with van der Waals surface area (Å²) < 4.78 is 13.8. The number of fused-ring (bicyclic) bond motifs is 1. The minimum absolute atomic E-state index is 0.242. The lowest BCUT2D eigenvalue weighted by molar-refractivity contribution is 0.619. The lowest BCUT2D eigenvalue weighted by Gasteiger charge is -2.13. The van der Waals surface area contributed by atoms with Crippen LogP contribution >= 0.6 is 0 Å². The number of nitrogens with one attached hydrogen (secondary N) is 1. The van der Waals surface area contributed by atoms with Crippen LogP contribution in [0.4, 0.5) is 10.2 Å². The summed E-state index contributed by atoms with van der Waals surface area (Å²) in [5.74, 6) is 6.56. The third-order valence-electron chi connectivity index (χ3n) is 4.00. The molecule has 0 radical (unpaired) electrons. The number of hydrazine groups is 1. The Balaban J connectivity index is 2.10. The molecule has 0 bridgehead atoms. The minimum Gasteiger partial charge on any atom is -0.308 e. The molecule has 1 aromatic carbocycles. The van der Waals surface area contributed by atoms with Crippen LogP contribution < -0.4 is 11.3 Å². The molecule has 1 aliphatic carbocycles. The average molecular weight is 286 g/mol. The summed E-state index contributed by atoms with van der Waals surface area (Å²) in [6.45, 7) is 1.74. The van der Waals surface area contributed by atoms with Gasteiger partial charge in [0.15, 0.2) is 5.82 Å². The van der Waals surface area contributed by atoms with Gasteiger partial charge in [-0.1, -0.05) is 18.6 Å². The second kappa shape index (κ2) is 5.77. The van der Waals surface area contributed by atoms with Gasteiger partial charge in [0, 0.05) is 16.8 Å². The number of nitrogens with zero attached hydrogens (tertiary/aromatic N) is 2. The number of aryl methyl sites for hydroxylation is 2. The van der Waals surface area contributed by atoms with E-state index < -0.39 is 0 Å². The summed E-state index contributed by atoms with van der Waals surface area (Å²) in [6, 6.07) is 5.07. The van der Waals surface area contributed by atoms with Crippen LogP contribution in [0.25, 0.3) is 11.4 Å². The Hall–Kier alpha value is -2.01. The molecule has 3 N–H and O–H groups in total. The summed E-state index contributed by atoms with van der Waals surface area (Å²) in [5, 5.41) is 0. The van der Waals surface area contributed by atoms with Gasteiger partial charge in [0.1, 0.15) is 11.6 Å². The van der Waals surface area contributed by atoms with Gasteiger partial charge in [0.2, 0.25) is 0 Å². The highest BCUT2D eigenvalue weighted by Gasteiger charge is 2.17. The van der Waals surface area contributed by atoms with Crippen molar-refractivity contribution in [3.8, 4) is 11.4 Å². The van der Waals surface area contributed by atoms with E-state index in [2.05, 4.69) is 15.4 Å². The molecule has 1 aliphatic rings. The Morgan fingerprint density at radius 3 is 2.71 bits per heavy atom. The van der Waals surface area contributed by atoms with Gasteiger partial charge in [-0.3, -0.25) is 0 Å². The van der Waals surface area contributed by atoms with Crippen LogP contribution in [0.1, 0.15) is 36.1 Å². The Kier molecular flexibility index (Phi) is 3.84. The molecule has 110 valence electrons. The van der Waals surface area contributed by atoms with Crippen molar-refractivity contribution in [3.05, 3.63) is 40.8 Å². The van der Waals surface area contributed by atoms with E-state index in [0.717, 1.165) is 36.9 Å². The molecule has 0 saturated carbocycles. The van der Waals surface area contributed by atoms with E-state index in [1.807, 2.05) is 6.07 Å². The maximum atomic E-state index is 13.8. The van der Waals surface area contributed by atoms with Crippen molar-refractivity contribution in [1.82, 2.24) is 9.97 Å². The molecule has 5 heteroatoms. The van der Waals surface area contributed by atoms with Crippen LogP contribution in [0.15, 0.2) is 18.2 Å². The molecule has 1 aromatic heterocycles. The summed E-state index contributed by atoms with van der Waals surface area (Å²) >= 11 is 0. The number of aromatic nitrogens is 2. The molecule has 0 saturated heterocycles. The molecular formula is C16H19FN4. The Morgan fingerprint density at radius 1 is 1.14 bits per heavy atom. The number of halogens is 1. The second-order valence-corrected chi connectivity index (χ2v) is 5.49. The van der Waals surface area contributed by atoms with Crippen LogP contribution in [0.2, 0.25) is 0 Å². The monoisotopic (exact) mass is 286 g/mol. The molecule has 3 rings (SSSR count). The highest BCUT2D eigenvalue weighted by Crippen LogP contribution is 2.28. The largest absolute Gasteiger partial charge is 0.308 e. The first-order valence-electron chi connectivity index (χ1n) is 7.32. The van der Waals surface area contributed by atoms with Crippen molar-refractivity contribution >= 4 is 5.82 Å².